The van der Waals surface area contributed by atoms with Gasteiger partial charge in [0.1, 0.15) is 0 Å². The highest BCUT2D eigenvalue weighted by molar-refractivity contribution is 7.78. The molecule has 1 aliphatic rings. The Balaban J connectivity index is 0.000000280. The Hall–Kier alpha value is -1.38. The van der Waals surface area contributed by atoms with Crippen molar-refractivity contribution in [1.29, 1.82) is 0 Å². The second kappa shape index (κ2) is 6.26. The summed E-state index contributed by atoms with van der Waals surface area (Å²) in [4.78, 5) is 0. The zero-order valence-electron chi connectivity index (χ0n) is 8.29. The maximum atomic E-state index is 9.67. The van der Waals surface area contributed by atoms with E-state index in [1.807, 2.05) is 12.1 Å². The summed E-state index contributed by atoms with van der Waals surface area (Å²) in [6.07, 6.45) is 5.17. The Morgan fingerprint density at radius 1 is 1.19 bits per heavy atom. The minimum Gasteiger partial charge on any atom is -0.174 e. The molecule has 0 radical (unpaired) electrons. The maximum Gasteiger partial charge on any atom is 0.379 e. The van der Waals surface area contributed by atoms with Crippen LogP contribution in [0.25, 0.3) is 11.6 Å². The summed E-state index contributed by atoms with van der Waals surface area (Å²) in [7, 11) is 0. The standard InChI is InChI=1S/C11H8S.CHF3/c12-8-10-6-3-5-9-4-1-2-7-11(9)10;2-1(3)4/h1-5,7H,6H2;1H. The SMILES string of the molecule is FC(F)F.S=C=C1CC=Cc2ccccc21. The van der Waals surface area contributed by atoms with Crippen LogP contribution in [0.2, 0.25) is 0 Å². The van der Waals surface area contributed by atoms with Crippen LogP contribution in [-0.2, 0) is 0 Å². The van der Waals surface area contributed by atoms with E-state index in [0.29, 0.717) is 0 Å². The molecule has 1 aliphatic carbocycles. The third-order valence-corrected chi connectivity index (χ3v) is 2.27. The van der Waals surface area contributed by atoms with Gasteiger partial charge in [-0.05, 0) is 34.8 Å². The molecule has 0 atom stereocenters. The summed E-state index contributed by atoms with van der Waals surface area (Å²) in [6.45, 7) is -3.67. The highest BCUT2D eigenvalue weighted by Gasteiger charge is 2.07. The fourth-order valence-electron chi connectivity index (χ4n) is 1.43. The molecular formula is C12H9F3S. The molecule has 2 rings (SSSR count). The molecule has 0 aliphatic heterocycles. The first-order chi connectivity index (χ1) is 7.65. The van der Waals surface area contributed by atoms with Gasteiger partial charge in [0, 0.05) is 5.57 Å². The quantitative estimate of drug-likeness (QED) is 0.612. The van der Waals surface area contributed by atoms with Gasteiger partial charge in [0.05, 0.1) is 0 Å². The maximum absolute atomic E-state index is 9.67. The van der Waals surface area contributed by atoms with Crippen molar-refractivity contribution in [1.82, 2.24) is 0 Å². The van der Waals surface area contributed by atoms with Crippen LogP contribution >= 0.6 is 12.2 Å². The number of rotatable bonds is 0. The minimum atomic E-state index is -3.67. The van der Waals surface area contributed by atoms with Gasteiger partial charge in [-0.15, -0.1) is 0 Å². The van der Waals surface area contributed by atoms with Gasteiger partial charge in [-0.1, -0.05) is 36.4 Å². The summed E-state index contributed by atoms with van der Waals surface area (Å²) >= 11 is 4.83. The van der Waals surface area contributed by atoms with Crippen LogP contribution in [0.5, 0.6) is 0 Å². The molecule has 4 heteroatoms. The number of fused-ring (bicyclic) bond motifs is 1. The van der Waals surface area contributed by atoms with Gasteiger partial charge in [-0.25, -0.2) is 0 Å². The van der Waals surface area contributed by atoms with Crippen molar-refractivity contribution in [3.63, 3.8) is 0 Å². The number of benzene rings is 1. The normalized spacial score (nSPS) is 12.6. The molecule has 0 nitrogen and oxygen atoms in total. The summed E-state index contributed by atoms with van der Waals surface area (Å²) in [5, 5.41) is 2.81. The first-order valence-corrected chi connectivity index (χ1v) is 4.98. The first-order valence-electron chi connectivity index (χ1n) is 4.57. The molecule has 0 unspecified atom stereocenters. The molecule has 1 aromatic rings. The predicted octanol–water partition coefficient (Wildman–Crippen LogP) is 4.26. The highest BCUT2D eigenvalue weighted by Crippen LogP contribution is 2.26. The van der Waals surface area contributed by atoms with Crippen molar-refractivity contribution in [2.75, 3.05) is 0 Å². The molecule has 0 fully saturated rings. The van der Waals surface area contributed by atoms with Crippen molar-refractivity contribution in [3.05, 3.63) is 41.5 Å². The number of hydrogen-bond acceptors (Lipinski definition) is 1. The average molecular weight is 242 g/mol. The lowest BCUT2D eigenvalue weighted by molar-refractivity contribution is 0.00819. The Morgan fingerprint density at radius 3 is 2.44 bits per heavy atom. The predicted molar refractivity (Wildman–Crippen MR) is 63.2 cm³/mol. The van der Waals surface area contributed by atoms with Gasteiger partial charge < -0.3 is 0 Å². The second-order valence-corrected chi connectivity index (χ2v) is 3.23. The van der Waals surface area contributed by atoms with E-state index in [1.54, 1.807) is 0 Å². The van der Waals surface area contributed by atoms with Crippen molar-refractivity contribution in [2.24, 2.45) is 0 Å². The van der Waals surface area contributed by atoms with Gasteiger partial charge in [-0.3, -0.25) is 0 Å². The van der Waals surface area contributed by atoms with Crippen LogP contribution in [0.1, 0.15) is 17.5 Å². The van der Waals surface area contributed by atoms with E-state index >= 15 is 0 Å². The number of halogens is 3. The van der Waals surface area contributed by atoms with Crippen LogP contribution in [0.3, 0.4) is 0 Å². The third-order valence-electron chi connectivity index (χ3n) is 2.03. The lowest BCUT2D eigenvalue weighted by Crippen LogP contribution is -1.92. The summed E-state index contributed by atoms with van der Waals surface area (Å²) < 4.78 is 29.0. The average Bonchev–Trinajstić information content (AvgIpc) is 2.27. The molecule has 0 spiro atoms. The van der Waals surface area contributed by atoms with Gasteiger partial charge in [0.15, 0.2) is 0 Å². The van der Waals surface area contributed by atoms with E-state index in [9.17, 15) is 13.2 Å². The Kier molecular flexibility index (Phi) is 4.96. The van der Waals surface area contributed by atoms with E-state index in [4.69, 9.17) is 12.2 Å². The van der Waals surface area contributed by atoms with Crippen molar-refractivity contribution < 1.29 is 13.2 Å². The molecule has 0 amide bonds. The van der Waals surface area contributed by atoms with Gasteiger partial charge >= 0.3 is 6.68 Å². The lowest BCUT2D eigenvalue weighted by atomic mass is 9.94. The fourth-order valence-corrected chi connectivity index (χ4v) is 1.62. The van der Waals surface area contributed by atoms with Crippen molar-refractivity contribution >= 4 is 28.9 Å². The molecule has 0 bridgehead atoms. The van der Waals surface area contributed by atoms with Crippen molar-refractivity contribution in [3.8, 4) is 0 Å². The number of thiocarbonyl (C=S) groups is 1. The molecule has 16 heavy (non-hydrogen) atoms. The second-order valence-electron chi connectivity index (χ2n) is 3.02. The highest BCUT2D eigenvalue weighted by atomic mass is 32.1. The van der Waals surface area contributed by atoms with Gasteiger partial charge in [0.25, 0.3) is 0 Å². The van der Waals surface area contributed by atoms with Crippen LogP contribution < -0.4 is 0 Å². The van der Waals surface area contributed by atoms with Crippen LogP contribution in [-0.4, -0.2) is 11.7 Å². The Bertz CT molecular complexity index is 429. The number of allylic oxidation sites excluding steroid dienone is 2. The summed E-state index contributed by atoms with van der Waals surface area (Å²) in [5.74, 6) is 0. The molecule has 1 aromatic carbocycles. The largest absolute Gasteiger partial charge is 0.379 e. The minimum absolute atomic E-state index is 0.917. The molecule has 0 saturated heterocycles. The first kappa shape index (κ1) is 12.7. The number of hydrogen-bond donors (Lipinski definition) is 0. The Labute approximate surface area is 97.1 Å². The van der Waals surface area contributed by atoms with Crippen molar-refractivity contribution in [2.45, 2.75) is 13.1 Å². The molecule has 0 heterocycles. The molecule has 0 saturated carbocycles. The van der Waals surface area contributed by atoms with E-state index in [1.165, 1.54) is 11.1 Å². The monoisotopic (exact) mass is 242 g/mol. The smallest absolute Gasteiger partial charge is 0.174 e. The Morgan fingerprint density at radius 2 is 1.81 bits per heavy atom. The molecule has 0 N–H and O–H groups in total. The molecule has 0 aromatic heterocycles. The van der Waals surface area contributed by atoms with Gasteiger partial charge in [-0.2, -0.15) is 13.2 Å². The summed E-state index contributed by atoms with van der Waals surface area (Å²) in [5.41, 5.74) is 3.61. The van der Waals surface area contributed by atoms with E-state index in [0.717, 1.165) is 12.0 Å². The zero-order valence-corrected chi connectivity index (χ0v) is 9.11. The van der Waals surface area contributed by atoms with E-state index < -0.39 is 6.68 Å². The van der Waals surface area contributed by atoms with Crippen LogP contribution in [0, 0.1) is 0 Å². The molecule has 84 valence electrons. The topological polar surface area (TPSA) is 0 Å². The van der Waals surface area contributed by atoms with E-state index in [2.05, 4.69) is 29.3 Å². The number of alkyl halides is 3. The fraction of sp³-hybridized carbons (Fsp3) is 0.167. The molecular weight excluding hydrogens is 233 g/mol. The van der Waals surface area contributed by atoms with Crippen LogP contribution in [0.15, 0.2) is 30.3 Å². The summed E-state index contributed by atoms with van der Waals surface area (Å²) in [6, 6.07) is 8.26. The third kappa shape index (κ3) is 3.65. The van der Waals surface area contributed by atoms with Crippen LogP contribution in [0.4, 0.5) is 13.2 Å². The zero-order chi connectivity index (χ0) is 12.0. The lowest BCUT2D eigenvalue weighted by Gasteiger charge is -2.10. The van der Waals surface area contributed by atoms with E-state index in [-0.39, 0.29) is 0 Å². The van der Waals surface area contributed by atoms with Gasteiger partial charge in [0.2, 0.25) is 0 Å².